The molecule has 1 aliphatic rings. The SMILES string of the molecule is CCn1ncnc1CN1C(=O)C(C)NC(=O)CC1C. The van der Waals surface area contributed by atoms with E-state index in [0.29, 0.717) is 19.5 Å². The van der Waals surface area contributed by atoms with E-state index >= 15 is 0 Å². The molecule has 7 heteroatoms. The average molecular weight is 265 g/mol. The van der Waals surface area contributed by atoms with Crippen LogP contribution in [0.4, 0.5) is 0 Å². The number of aromatic nitrogens is 3. The van der Waals surface area contributed by atoms with E-state index in [2.05, 4.69) is 15.4 Å². The maximum absolute atomic E-state index is 12.3. The Hall–Kier alpha value is -1.92. The molecule has 0 spiro atoms. The predicted octanol–water partition coefficient (Wildman–Crippen LogP) is -0.0765. The van der Waals surface area contributed by atoms with Gasteiger partial charge in [-0.15, -0.1) is 0 Å². The molecule has 2 amide bonds. The standard InChI is InChI=1S/C12H19N5O2/c1-4-17-10(13-7-14-17)6-16-8(2)5-11(18)15-9(3)12(16)19/h7-9H,4-6H2,1-3H3,(H,15,18). The molecule has 2 heterocycles. The predicted molar refractivity (Wildman–Crippen MR) is 67.9 cm³/mol. The molecule has 2 rings (SSSR count). The summed E-state index contributed by atoms with van der Waals surface area (Å²) in [4.78, 5) is 29.7. The van der Waals surface area contributed by atoms with E-state index in [9.17, 15) is 9.59 Å². The third-order valence-electron chi connectivity index (χ3n) is 3.35. The normalized spacial score (nSPS) is 24.3. The lowest BCUT2D eigenvalue weighted by Crippen LogP contribution is -2.44. The van der Waals surface area contributed by atoms with Gasteiger partial charge >= 0.3 is 0 Å². The molecule has 1 aliphatic heterocycles. The molecule has 0 aromatic carbocycles. The van der Waals surface area contributed by atoms with Crippen molar-refractivity contribution in [1.82, 2.24) is 25.0 Å². The van der Waals surface area contributed by atoms with Gasteiger partial charge in [0.05, 0.1) is 6.54 Å². The van der Waals surface area contributed by atoms with Gasteiger partial charge in [-0.25, -0.2) is 9.67 Å². The zero-order valence-electron chi connectivity index (χ0n) is 11.5. The van der Waals surface area contributed by atoms with Crippen molar-refractivity contribution in [3.8, 4) is 0 Å². The Morgan fingerprint density at radius 3 is 2.84 bits per heavy atom. The van der Waals surface area contributed by atoms with Crippen molar-refractivity contribution >= 4 is 11.8 Å². The summed E-state index contributed by atoms with van der Waals surface area (Å²) in [7, 11) is 0. The highest BCUT2D eigenvalue weighted by atomic mass is 16.2. The molecule has 104 valence electrons. The molecule has 19 heavy (non-hydrogen) atoms. The molecule has 2 atom stereocenters. The minimum absolute atomic E-state index is 0.0796. The fourth-order valence-corrected chi connectivity index (χ4v) is 2.27. The van der Waals surface area contributed by atoms with Gasteiger partial charge in [0.15, 0.2) is 0 Å². The van der Waals surface area contributed by atoms with E-state index in [1.807, 2.05) is 13.8 Å². The van der Waals surface area contributed by atoms with Crippen molar-refractivity contribution < 1.29 is 9.59 Å². The molecule has 0 saturated carbocycles. The molecule has 2 unspecified atom stereocenters. The van der Waals surface area contributed by atoms with Gasteiger partial charge in [-0.1, -0.05) is 0 Å². The van der Waals surface area contributed by atoms with Gasteiger partial charge in [0.1, 0.15) is 18.2 Å². The number of hydrogen-bond acceptors (Lipinski definition) is 4. The number of aryl methyl sites for hydroxylation is 1. The van der Waals surface area contributed by atoms with Crippen LogP contribution in [0.1, 0.15) is 33.0 Å². The zero-order chi connectivity index (χ0) is 14.0. The summed E-state index contributed by atoms with van der Waals surface area (Å²) in [5.41, 5.74) is 0. The molecular weight excluding hydrogens is 246 g/mol. The first-order chi connectivity index (χ1) is 9.02. The summed E-state index contributed by atoms with van der Waals surface area (Å²) < 4.78 is 1.75. The van der Waals surface area contributed by atoms with Gasteiger partial charge in [0.2, 0.25) is 11.8 Å². The Morgan fingerprint density at radius 2 is 2.16 bits per heavy atom. The second kappa shape index (κ2) is 5.38. The minimum Gasteiger partial charge on any atom is -0.345 e. The summed E-state index contributed by atoms with van der Waals surface area (Å²) >= 11 is 0. The molecule has 1 saturated heterocycles. The van der Waals surface area contributed by atoms with E-state index in [0.717, 1.165) is 5.82 Å². The second-order valence-electron chi connectivity index (χ2n) is 4.80. The van der Waals surface area contributed by atoms with Crippen molar-refractivity contribution in [2.45, 2.75) is 52.4 Å². The van der Waals surface area contributed by atoms with Crippen LogP contribution in [-0.4, -0.2) is 43.6 Å². The van der Waals surface area contributed by atoms with Crippen LogP contribution in [0.2, 0.25) is 0 Å². The lowest BCUT2D eigenvalue weighted by atomic mass is 10.2. The van der Waals surface area contributed by atoms with E-state index < -0.39 is 6.04 Å². The number of nitrogens with one attached hydrogen (secondary N) is 1. The van der Waals surface area contributed by atoms with E-state index in [4.69, 9.17) is 0 Å². The first kappa shape index (κ1) is 13.5. The molecule has 7 nitrogen and oxygen atoms in total. The van der Waals surface area contributed by atoms with Gasteiger partial charge in [-0.2, -0.15) is 5.10 Å². The minimum atomic E-state index is -0.490. The fourth-order valence-electron chi connectivity index (χ4n) is 2.27. The first-order valence-electron chi connectivity index (χ1n) is 6.49. The van der Waals surface area contributed by atoms with Crippen LogP contribution >= 0.6 is 0 Å². The van der Waals surface area contributed by atoms with Crippen LogP contribution in [-0.2, 0) is 22.7 Å². The first-order valence-corrected chi connectivity index (χ1v) is 6.49. The van der Waals surface area contributed by atoms with Crippen molar-refractivity contribution in [2.75, 3.05) is 0 Å². The third kappa shape index (κ3) is 2.74. The Labute approximate surface area is 112 Å². The molecule has 1 aromatic heterocycles. The van der Waals surface area contributed by atoms with Crippen molar-refractivity contribution in [2.24, 2.45) is 0 Å². The van der Waals surface area contributed by atoms with E-state index in [1.165, 1.54) is 6.33 Å². The van der Waals surface area contributed by atoms with Crippen molar-refractivity contribution in [1.29, 1.82) is 0 Å². The Balaban J connectivity index is 2.21. The van der Waals surface area contributed by atoms with E-state index in [-0.39, 0.29) is 17.9 Å². The summed E-state index contributed by atoms with van der Waals surface area (Å²) in [6.07, 6.45) is 1.80. The highest BCUT2D eigenvalue weighted by Gasteiger charge is 2.32. The number of amides is 2. The van der Waals surface area contributed by atoms with Crippen LogP contribution in [0, 0.1) is 0 Å². The Kier molecular flexibility index (Phi) is 3.82. The maximum Gasteiger partial charge on any atom is 0.245 e. The van der Waals surface area contributed by atoms with Gasteiger partial charge < -0.3 is 10.2 Å². The number of hydrogen-bond donors (Lipinski definition) is 1. The molecule has 1 N–H and O–H groups in total. The maximum atomic E-state index is 12.3. The molecule has 0 radical (unpaired) electrons. The fraction of sp³-hybridized carbons (Fsp3) is 0.667. The van der Waals surface area contributed by atoms with Crippen LogP contribution < -0.4 is 5.32 Å². The molecular formula is C12H19N5O2. The monoisotopic (exact) mass is 265 g/mol. The highest BCUT2D eigenvalue weighted by Crippen LogP contribution is 2.14. The highest BCUT2D eigenvalue weighted by molar-refractivity contribution is 5.90. The summed E-state index contributed by atoms with van der Waals surface area (Å²) in [5, 5.41) is 6.78. The molecule has 1 fully saturated rings. The largest absolute Gasteiger partial charge is 0.345 e. The zero-order valence-corrected chi connectivity index (χ0v) is 11.5. The van der Waals surface area contributed by atoms with Crippen molar-refractivity contribution in [3.05, 3.63) is 12.2 Å². The number of carbonyl (C=O) groups excluding carboxylic acids is 2. The molecule has 1 aromatic rings. The van der Waals surface area contributed by atoms with Gasteiger partial charge in [-0.3, -0.25) is 9.59 Å². The lowest BCUT2D eigenvalue weighted by Gasteiger charge is -2.27. The van der Waals surface area contributed by atoms with Gasteiger partial charge in [-0.05, 0) is 20.8 Å². The Morgan fingerprint density at radius 1 is 1.42 bits per heavy atom. The second-order valence-corrected chi connectivity index (χ2v) is 4.80. The van der Waals surface area contributed by atoms with Crippen molar-refractivity contribution in [3.63, 3.8) is 0 Å². The molecule has 0 bridgehead atoms. The average Bonchev–Trinajstić information content (AvgIpc) is 2.78. The summed E-state index contributed by atoms with van der Waals surface area (Å²) in [5.74, 6) is 0.570. The number of carbonyl (C=O) groups is 2. The topological polar surface area (TPSA) is 80.1 Å². The van der Waals surface area contributed by atoms with Gasteiger partial charge in [0.25, 0.3) is 0 Å². The summed E-state index contributed by atoms with van der Waals surface area (Å²) in [6.45, 7) is 6.64. The van der Waals surface area contributed by atoms with Crippen LogP contribution in [0.3, 0.4) is 0 Å². The smallest absolute Gasteiger partial charge is 0.245 e. The summed E-state index contributed by atoms with van der Waals surface area (Å²) in [6, 6.07) is -0.630. The van der Waals surface area contributed by atoms with Crippen LogP contribution in [0.25, 0.3) is 0 Å². The van der Waals surface area contributed by atoms with Gasteiger partial charge in [0, 0.05) is 19.0 Å². The lowest BCUT2D eigenvalue weighted by molar-refractivity contribution is -0.135. The van der Waals surface area contributed by atoms with Crippen LogP contribution in [0.15, 0.2) is 6.33 Å². The third-order valence-corrected chi connectivity index (χ3v) is 3.35. The van der Waals surface area contributed by atoms with Crippen LogP contribution in [0.5, 0.6) is 0 Å². The number of rotatable bonds is 3. The Bertz CT molecular complexity index is 484. The molecule has 0 aliphatic carbocycles. The number of nitrogens with zero attached hydrogens (tertiary/aromatic N) is 4. The quantitative estimate of drug-likeness (QED) is 0.829. The van der Waals surface area contributed by atoms with E-state index in [1.54, 1.807) is 16.5 Å².